The minimum Gasteiger partial charge on any atom is -0.460 e. The molecule has 0 N–H and O–H groups in total. The van der Waals surface area contributed by atoms with Crippen molar-refractivity contribution in [1.29, 1.82) is 0 Å². The lowest BCUT2D eigenvalue weighted by atomic mass is 10.0. The van der Waals surface area contributed by atoms with Crippen molar-refractivity contribution in [3.05, 3.63) is 12.2 Å². The minimum absolute atomic E-state index is 0.334. The molecule has 0 aromatic rings. The number of esters is 1. The average molecular weight is 253 g/mol. The first-order valence-corrected chi connectivity index (χ1v) is 6.76. The Bertz CT molecular complexity index is 282. The molecule has 0 saturated heterocycles. The quantitative estimate of drug-likeness (QED) is 0.272. The third-order valence-corrected chi connectivity index (χ3v) is 2.60. The highest BCUT2D eigenvalue weighted by molar-refractivity contribution is 5.86. The molecule has 0 aromatic heterocycles. The molecule has 0 aliphatic carbocycles. The summed E-state index contributed by atoms with van der Waals surface area (Å²) in [5.74, 6) is 0.937. The summed E-state index contributed by atoms with van der Waals surface area (Å²) in [7, 11) is 0. The lowest BCUT2D eigenvalue weighted by Crippen LogP contribution is -2.08. The highest BCUT2D eigenvalue weighted by atomic mass is 16.5. The smallest absolute Gasteiger partial charge is 0.333 e. The predicted molar refractivity (Wildman–Crippen MR) is 77.0 cm³/mol. The third-order valence-electron chi connectivity index (χ3n) is 2.60. The minimum atomic E-state index is -0.338. The van der Waals surface area contributed by atoms with Gasteiger partial charge < -0.3 is 4.74 Å². The second-order valence-corrected chi connectivity index (χ2v) is 5.27. The molecule has 104 valence electrons. The summed E-state index contributed by atoms with van der Waals surface area (Å²) in [6, 6.07) is 0. The van der Waals surface area contributed by atoms with Gasteiger partial charge in [-0.25, -0.2) is 4.79 Å². The van der Waals surface area contributed by atoms with Gasteiger partial charge in [0.15, 0.2) is 0 Å². The molecule has 0 bridgehead atoms. The fourth-order valence-electron chi connectivity index (χ4n) is 1.49. The van der Waals surface area contributed by atoms with E-state index in [4.69, 9.17) is 4.74 Å². The van der Waals surface area contributed by atoms with Gasteiger partial charge in [0.2, 0.25) is 0 Å². The molecule has 1 atom stereocenters. The van der Waals surface area contributed by atoms with E-state index >= 15 is 0 Å². The topological polar surface area (TPSA) is 38.7 Å². The number of rotatable bonds is 9. The number of nitrogens with zero attached hydrogens (tertiary/aromatic N) is 1. The van der Waals surface area contributed by atoms with Crippen molar-refractivity contribution in [3.63, 3.8) is 0 Å². The Kier molecular flexibility index (Phi) is 9.25. The Hall–Kier alpha value is -1.12. The summed E-state index contributed by atoms with van der Waals surface area (Å²) in [6.07, 6.45) is 5.66. The van der Waals surface area contributed by atoms with Gasteiger partial charge in [0.05, 0.1) is 6.54 Å². The van der Waals surface area contributed by atoms with E-state index in [2.05, 4.69) is 32.3 Å². The van der Waals surface area contributed by atoms with Crippen LogP contribution in [0.25, 0.3) is 0 Å². The second kappa shape index (κ2) is 9.86. The molecule has 0 spiro atoms. The van der Waals surface area contributed by atoms with Crippen LogP contribution in [0.15, 0.2) is 17.1 Å². The molecule has 0 saturated carbocycles. The van der Waals surface area contributed by atoms with Gasteiger partial charge in [-0.2, -0.15) is 0 Å². The van der Waals surface area contributed by atoms with Crippen LogP contribution in [0.1, 0.15) is 47.0 Å². The average Bonchev–Trinajstić information content (AvgIpc) is 2.27. The van der Waals surface area contributed by atoms with E-state index < -0.39 is 0 Å². The van der Waals surface area contributed by atoms with E-state index in [1.54, 1.807) is 6.92 Å². The van der Waals surface area contributed by atoms with Gasteiger partial charge in [-0.3, -0.25) is 4.99 Å². The number of aliphatic imine (C=N–C) groups is 1. The Morgan fingerprint density at radius 2 is 2.00 bits per heavy atom. The molecular formula is C15H27NO2. The number of carbonyl (C=O) groups is 1. The van der Waals surface area contributed by atoms with Crippen molar-refractivity contribution >= 4 is 12.2 Å². The molecule has 1 unspecified atom stereocenters. The predicted octanol–water partition coefficient (Wildman–Crippen LogP) is 3.64. The molecule has 0 rings (SSSR count). The van der Waals surface area contributed by atoms with Crippen molar-refractivity contribution in [2.24, 2.45) is 16.8 Å². The van der Waals surface area contributed by atoms with Crippen LogP contribution in [-0.2, 0) is 9.53 Å². The fourth-order valence-corrected chi connectivity index (χ4v) is 1.49. The van der Waals surface area contributed by atoms with Crippen LogP contribution >= 0.6 is 0 Å². The van der Waals surface area contributed by atoms with Crippen LogP contribution in [0.5, 0.6) is 0 Å². The molecule has 3 heteroatoms. The molecule has 0 aromatic carbocycles. The largest absolute Gasteiger partial charge is 0.460 e. The summed E-state index contributed by atoms with van der Waals surface area (Å²) in [4.78, 5) is 15.3. The molecule has 0 amide bonds. The number of ether oxygens (including phenoxy) is 1. The lowest BCUT2D eigenvalue weighted by Gasteiger charge is -2.07. The van der Waals surface area contributed by atoms with Gasteiger partial charge in [-0.05, 0) is 25.2 Å². The summed E-state index contributed by atoms with van der Waals surface area (Å²) in [6.45, 7) is 12.7. The van der Waals surface area contributed by atoms with Crippen LogP contribution in [0.3, 0.4) is 0 Å². The molecule has 18 heavy (non-hydrogen) atoms. The maximum absolute atomic E-state index is 11.1. The van der Waals surface area contributed by atoms with Crippen LogP contribution in [0.2, 0.25) is 0 Å². The second-order valence-electron chi connectivity index (χ2n) is 5.27. The molecule has 0 aliphatic heterocycles. The molecule has 0 heterocycles. The molecule has 3 nitrogen and oxygen atoms in total. The number of hydrogen-bond acceptors (Lipinski definition) is 3. The van der Waals surface area contributed by atoms with E-state index in [1.807, 2.05) is 6.21 Å². The fraction of sp³-hybridized carbons (Fsp3) is 0.733. The van der Waals surface area contributed by atoms with E-state index in [0.717, 1.165) is 5.92 Å². The highest BCUT2D eigenvalue weighted by Crippen LogP contribution is 2.10. The van der Waals surface area contributed by atoms with Crippen LogP contribution < -0.4 is 0 Å². The van der Waals surface area contributed by atoms with Crippen molar-refractivity contribution in [3.8, 4) is 0 Å². The summed E-state index contributed by atoms with van der Waals surface area (Å²) in [5, 5.41) is 0. The normalized spacial score (nSPS) is 12.9. The van der Waals surface area contributed by atoms with Crippen LogP contribution in [0, 0.1) is 11.8 Å². The maximum Gasteiger partial charge on any atom is 0.333 e. The van der Waals surface area contributed by atoms with E-state index in [0.29, 0.717) is 24.6 Å². The van der Waals surface area contributed by atoms with Gasteiger partial charge in [-0.1, -0.05) is 40.2 Å². The zero-order valence-electron chi connectivity index (χ0n) is 12.2. The van der Waals surface area contributed by atoms with Crippen molar-refractivity contribution < 1.29 is 9.53 Å². The van der Waals surface area contributed by atoms with Gasteiger partial charge in [0.25, 0.3) is 0 Å². The van der Waals surface area contributed by atoms with Crippen molar-refractivity contribution in [2.45, 2.75) is 47.0 Å². The van der Waals surface area contributed by atoms with E-state index in [-0.39, 0.29) is 5.97 Å². The molecule has 0 radical (unpaired) electrons. The van der Waals surface area contributed by atoms with Crippen LogP contribution in [-0.4, -0.2) is 25.3 Å². The summed E-state index contributed by atoms with van der Waals surface area (Å²) >= 11 is 0. The SMILES string of the molecule is C=C(C)C(=O)OCCN=CC(C)CCCC(C)C. The Balaban J connectivity index is 3.57. The zero-order chi connectivity index (χ0) is 14.0. The van der Waals surface area contributed by atoms with Gasteiger partial charge in [-0.15, -0.1) is 0 Å². The first-order valence-electron chi connectivity index (χ1n) is 6.76. The number of hydrogen-bond donors (Lipinski definition) is 0. The van der Waals surface area contributed by atoms with Crippen molar-refractivity contribution in [1.82, 2.24) is 0 Å². The standard InChI is InChI=1S/C15H27NO2/c1-12(2)7-6-8-14(5)11-16-9-10-18-15(17)13(3)4/h11-12,14H,3,6-10H2,1-2,4-5H3. The Morgan fingerprint density at radius 3 is 2.56 bits per heavy atom. The first-order chi connectivity index (χ1) is 8.43. The maximum atomic E-state index is 11.1. The van der Waals surface area contributed by atoms with E-state index in [9.17, 15) is 4.79 Å². The Labute approximate surface area is 111 Å². The lowest BCUT2D eigenvalue weighted by molar-refractivity contribution is -0.138. The molecule has 0 fully saturated rings. The zero-order valence-corrected chi connectivity index (χ0v) is 12.2. The van der Waals surface area contributed by atoms with Gasteiger partial charge in [0.1, 0.15) is 6.61 Å². The first kappa shape index (κ1) is 16.9. The van der Waals surface area contributed by atoms with E-state index in [1.165, 1.54) is 19.3 Å². The summed E-state index contributed by atoms with van der Waals surface area (Å²) < 4.78 is 4.95. The third kappa shape index (κ3) is 10.1. The summed E-state index contributed by atoms with van der Waals surface area (Å²) in [5.41, 5.74) is 0.432. The number of carbonyl (C=O) groups excluding carboxylic acids is 1. The molecule has 0 aliphatic rings. The molecular weight excluding hydrogens is 226 g/mol. The monoisotopic (exact) mass is 253 g/mol. The van der Waals surface area contributed by atoms with Crippen LogP contribution in [0.4, 0.5) is 0 Å². The Morgan fingerprint density at radius 1 is 1.33 bits per heavy atom. The highest BCUT2D eigenvalue weighted by Gasteiger charge is 2.02. The van der Waals surface area contributed by atoms with Crippen molar-refractivity contribution in [2.75, 3.05) is 13.2 Å². The van der Waals surface area contributed by atoms with Gasteiger partial charge in [0, 0.05) is 11.8 Å². The van der Waals surface area contributed by atoms with Gasteiger partial charge >= 0.3 is 5.97 Å².